The summed E-state index contributed by atoms with van der Waals surface area (Å²) in [4.78, 5) is 32.1. The Morgan fingerprint density at radius 3 is 1.21 bits per heavy atom. The first-order valence-electron chi connectivity index (χ1n) is 22.4. The van der Waals surface area contributed by atoms with Crippen molar-refractivity contribution < 1.29 is 56.7 Å². The van der Waals surface area contributed by atoms with Crippen LogP contribution in [0.2, 0.25) is 0 Å². The van der Waals surface area contributed by atoms with E-state index in [1.807, 2.05) is 13.8 Å². The molecule has 0 atom stereocenters. The Balaban J connectivity index is 0.000000510. The van der Waals surface area contributed by atoms with E-state index in [9.17, 15) is 40.2 Å². The van der Waals surface area contributed by atoms with Gasteiger partial charge < -0.3 is 40.2 Å². The van der Waals surface area contributed by atoms with Crippen molar-refractivity contribution in [2.75, 3.05) is 0 Å². The maximum atomic E-state index is 10.9. The van der Waals surface area contributed by atoms with Crippen molar-refractivity contribution in [3.8, 4) is 23.0 Å². The van der Waals surface area contributed by atoms with Crippen molar-refractivity contribution in [3.63, 3.8) is 0 Å². The maximum absolute atomic E-state index is 10.9. The number of carboxylic acids is 2. The maximum Gasteiger partial charge on any atom is 2.00 e. The van der Waals surface area contributed by atoms with Crippen LogP contribution in [-0.2, 0) is 42.2 Å². The van der Waals surface area contributed by atoms with E-state index >= 15 is 0 Å². The molecule has 0 aliphatic rings. The van der Waals surface area contributed by atoms with Crippen LogP contribution in [0.25, 0.3) is 0 Å². The van der Waals surface area contributed by atoms with Gasteiger partial charge in [0.2, 0.25) is 0 Å². The van der Waals surface area contributed by atoms with E-state index in [4.69, 9.17) is 9.98 Å². The summed E-state index contributed by atoms with van der Waals surface area (Å²) < 4.78 is 0. The summed E-state index contributed by atoms with van der Waals surface area (Å²) in [6.45, 7) is 20.7. The number of phenolic OH excluding ortho intramolecular Hbond substituents is 2. The predicted octanol–water partition coefficient (Wildman–Crippen LogP) is 10.9. The van der Waals surface area contributed by atoms with E-state index in [-0.39, 0.29) is 27.6 Å². The zero-order chi connectivity index (χ0) is 46.5. The number of carbonyl (C=O) groups excluding carboxylic acids is 2. The number of aromatic hydroxyl groups is 4. The summed E-state index contributed by atoms with van der Waals surface area (Å²) in [7, 11) is 0. The molecule has 346 valence electrons. The number of phenols is 4. The number of carbonyl (C=O) groups is 2. The number of unbranched alkanes of at least 4 members (excludes halogenated alkanes) is 4. The number of aryl methyl sites for hydroxylation is 6. The molecule has 0 saturated carbocycles. The molecule has 0 unspecified atom stereocenters. The number of benzene rings is 4. The van der Waals surface area contributed by atoms with Crippen LogP contribution in [0, 0.1) is 27.7 Å². The molecule has 0 radical (unpaired) electrons. The molecule has 0 saturated heterocycles. The standard InChI is InChI=1S/C28H40N2.2C12H16O4.Ni/c1-7-9-11-12-14-28(30-26-18-16-22(4)24(6)20-26)27(13-10-8-2)29-25-17-15-21(3)23(5)19-25;2*1-3-5-7-6-9(13)11(14)10(12(15)16)8(7)4-2;/h15-20H,7-14H2,1-6H3;2*6,13-14H,3-5H2,1-2H3,(H,15,16);/q;;;+2/p-2. The van der Waals surface area contributed by atoms with Gasteiger partial charge in [-0.3, -0.25) is 9.98 Å². The first kappa shape index (κ1) is 55.9. The summed E-state index contributed by atoms with van der Waals surface area (Å²) in [5.74, 6) is -4.92. The molecule has 4 N–H and O–H groups in total. The molecule has 0 spiro atoms. The van der Waals surface area contributed by atoms with Crippen molar-refractivity contribution in [2.24, 2.45) is 9.98 Å². The van der Waals surface area contributed by atoms with E-state index < -0.39 is 34.9 Å². The second-order valence-electron chi connectivity index (χ2n) is 15.9. The van der Waals surface area contributed by atoms with Gasteiger partial charge in [0, 0.05) is 11.1 Å². The Labute approximate surface area is 386 Å². The molecule has 4 rings (SSSR count). The molecular weight excluding hydrogens is 839 g/mol. The van der Waals surface area contributed by atoms with Crippen LogP contribution in [0.4, 0.5) is 11.4 Å². The third-order valence-electron chi connectivity index (χ3n) is 11.0. The minimum absolute atomic E-state index is 0. The average molecular weight is 910 g/mol. The fourth-order valence-corrected chi connectivity index (χ4v) is 7.23. The van der Waals surface area contributed by atoms with Gasteiger partial charge in [0.25, 0.3) is 0 Å². The summed E-state index contributed by atoms with van der Waals surface area (Å²) in [5, 5.41) is 59.7. The molecule has 0 fully saturated rings. The van der Waals surface area contributed by atoms with Crippen molar-refractivity contribution >= 4 is 34.7 Å². The zero-order valence-corrected chi connectivity index (χ0v) is 40.1. The van der Waals surface area contributed by atoms with Crippen LogP contribution in [0.5, 0.6) is 23.0 Å². The molecular formula is C52H70N2NiO8. The molecule has 0 bridgehead atoms. The van der Waals surface area contributed by atoms with E-state index in [1.165, 1.54) is 72.2 Å². The van der Waals surface area contributed by atoms with Crippen LogP contribution >= 0.6 is 0 Å². The number of hydrogen-bond donors (Lipinski definition) is 4. The fraction of sp³-hybridized carbons (Fsp3) is 0.462. The van der Waals surface area contributed by atoms with E-state index in [0.29, 0.717) is 36.8 Å². The molecule has 0 amide bonds. The smallest absolute Gasteiger partial charge is 0.545 e. The Kier molecular flexibility index (Phi) is 25.3. The quantitative estimate of drug-likeness (QED) is 0.0310. The van der Waals surface area contributed by atoms with Gasteiger partial charge in [-0.15, -0.1) is 0 Å². The first-order valence-corrected chi connectivity index (χ1v) is 22.4. The Hall–Kier alpha value is -5.15. The van der Waals surface area contributed by atoms with E-state index in [1.54, 1.807) is 13.8 Å². The van der Waals surface area contributed by atoms with Crippen LogP contribution in [-0.4, -0.2) is 43.8 Å². The van der Waals surface area contributed by atoms with Gasteiger partial charge in [-0.05, 0) is 160 Å². The molecule has 0 heterocycles. The number of carboxylic acid groups (broad SMARTS) is 2. The molecule has 4 aromatic rings. The van der Waals surface area contributed by atoms with E-state index in [2.05, 4.69) is 77.9 Å². The molecule has 0 aliphatic heterocycles. The SMILES string of the molecule is CCCCCCC(=Nc1ccc(C)c(C)c1)C(CCCC)=Nc1ccc(C)c(C)c1.CCCc1cc(O)c(O)c(C(=O)[O-])c1CC.CCCc1cc(O)c(O)c(C(=O)[O-])c1CC.[Ni+2]. The van der Waals surface area contributed by atoms with Gasteiger partial charge in [-0.1, -0.05) is 92.2 Å². The third-order valence-corrected chi connectivity index (χ3v) is 11.0. The summed E-state index contributed by atoms with van der Waals surface area (Å²) in [6.07, 6.45) is 13.2. The van der Waals surface area contributed by atoms with Gasteiger partial charge in [-0.2, -0.15) is 0 Å². The van der Waals surface area contributed by atoms with Crippen molar-refractivity contribution in [2.45, 2.75) is 159 Å². The number of aromatic carboxylic acids is 2. The van der Waals surface area contributed by atoms with Gasteiger partial charge in [0.15, 0.2) is 23.0 Å². The number of aliphatic imine (C=N–C) groups is 2. The Morgan fingerprint density at radius 1 is 0.508 bits per heavy atom. The zero-order valence-electron chi connectivity index (χ0n) is 39.2. The van der Waals surface area contributed by atoms with Crippen molar-refractivity contribution in [1.82, 2.24) is 0 Å². The topological polar surface area (TPSA) is 186 Å². The monoisotopic (exact) mass is 908 g/mol. The second-order valence-corrected chi connectivity index (χ2v) is 15.9. The molecule has 10 nitrogen and oxygen atoms in total. The average Bonchev–Trinajstić information content (AvgIpc) is 3.23. The van der Waals surface area contributed by atoms with Crippen LogP contribution < -0.4 is 10.2 Å². The van der Waals surface area contributed by atoms with Crippen LogP contribution in [0.1, 0.15) is 171 Å². The normalized spacial score (nSPS) is 11.2. The van der Waals surface area contributed by atoms with Crippen molar-refractivity contribution in [3.05, 3.63) is 104 Å². The number of nitrogens with zero attached hydrogens (tertiary/aromatic N) is 2. The molecule has 0 aliphatic carbocycles. The summed E-state index contributed by atoms with van der Waals surface area (Å²) >= 11 is 0. The first-order chi connectivity index (χ1) is 29.5. The largest absolute Gasteiger partial charge is 2.00 e. The second kappa shape index (κ2) is 28.5. The Bertz CT molecular complexity index is 2100. The molecule has 0 aromatic heterocycles. The molecule has 4 aromatic carbocycles. The predicted molar refractivity (Wildman–Crippen MR) is 249 cm³/mol. The number of hydrogen-bond acceptors (Lipinski definition) is 10. The van der Waals surface area contributed by atoms with E-state index in [0.717, 1.165) is 60.3 Å². The minimum atomic E-state index is -1.46. The third kappa shape index (κ3) is 16.8. The van der Waals surface area contributed by atoms with Gasteiger partial charge in [0.05, 0.1) is 34.7 Å². The van der Waals surface area contributed by atoms with Crippen LogP contribution in [0.3, 0.4) is 0 Å². The molecule has 63 heavy (non-hydrogen) atoms. The number of rotatable bonds is 19. The summed E-state index contributed by atoms with van der Waals surface area (Å²) in [5.41, 5.74) is 11.6. The minimum Gasteiger partial charge on any atom is -0.545 e. The van der Waals surface area contributed by atoms with Crippen molar-refractivity contribution in [1.29, 1.82) is 0 Å². The fourth-order valence-electron chi connectivity index (χ4n) is 7.23. The van der Waals surface area contributed by atoms with Gasteiger partial charge in [-0.25, -0.2) is 0 Å². The van der Waals surface area contributed by atoms with Gasteiger partial charge >= 0.3 is 16.5 Å². The summed E-state index contributed by atoms with van der Waals surface area (Å²) in [6, 6.07) is 15.9. The van der Waals surface area contributed by atoms with Gasteiger partial charge in [0.1, 0.15) is 0 Å². The Morgan fingerprint density at radius 2 is 0.889 bits per heavy atom. The van der Waals surface area contributed by atoms with Crippen LogP contribution in [0.15, 0.2) is 58.5 Å². The molecule has 11 heteroatoms.